The van der Waals surface area contributed by atoms with Gasteiger partial charge in [0.15, 0.2) is 0 Å². The topological polar surface area (TPSA) is 335 Å². The van der Waals surface area contributed by atoms with Gasteiger partial charge in [-0.25, -0.2) is 29.1 Å². The van der Waals surface area contributed by atoms with E-state index in [2.05, 4.69) is 108 Å². The average molecular weight is 1920 g/mol. The second-order valence-electron chi connectivity index (χ2n) is 36.8. The number of anilines is 4. The number of nitrogens with one attached hydrogen (secondary N) is 6. The van der Waals surface area contributed by atoms with E-state index in [0.717, 1.165) is 122 Å². The predicted octanol–water partition coefficient (Wildman–Crippen LogP) is 19.5. The number of nitrogens with zero attached hydrogens (tertiary/aromatic N) is 8. The van der Waals surface area contributed by atoms with E-state index in [-0.39, 0.29) is 93.7 Å². The summed E-state index contributed by atoms with van der Waals surface area (Å²) in [6.45, 7) is 23.4. The summed E-state index contributed by atoms with van der Waals surface area (Å²) in [5, 5.41) is 10.9. The van der Waals surface area contributed by atoms with Gasteiger partial charge in [0.1, 0.15) is 35.8 Å². The molecule has 2 aromatic heterocycles. The molecule has 0 saturated carbocycles. The van der Waals surface area contributed by atoms with Gasteiger partial charge in [0.2, 0.25) is 0 Å². The highest BCUT2D eigenvalue weighted by Crippen LogP contribution is 2.46. The van der Waals surface area contributed by atoms with Gasteiger partial charge in [-0.2, -0.15) is 0 Å². The maximum atomic E-state index is 14.1. The number of ether oxygens (including phenoxy) is 4. The summed E-state index contributed by atoms with van der Waals surface area (Å²) < 4.78 is 32.6. The quantitative estimate of drug-likeness (QED) is 0.0271. The number of alkyl carbamates (subject to hydrolysis) is 4. The third-order valence-corrected chi connectivity index (χ3v) is 26.8. The Labute approximate surface area is 812 Å². The third kappa shape index (κ3) is 21.8. The van der Waals surface area contributed by atoms with Gasteiger partial charge < -0.3 is 69.3 Å². The van der Waals surface area contributed by atoms with Crippen LogP contribution in [0.1, 0.15) is 175 Å². The van der Waals surface area contributed by atoms with Crippen molar-refractivity contribution in [2.24, 2.45) is 33.7 Å². The Bertz CT molecular complexity index is 6170. The standard InChI is InChI=1S/C49H51N7O6.C30H37BN4O5.C25H26BrN3O3.3CH4/c1-28(2)43(53-48(59)61-5)46(57)55-39-13-9-7-11-34(39)24-41(55)37-23-36(26-50-37)32-17-15-30(16-18-32)31-19-21-33(22-20-31)38-27-51-45(52-38)42-25-35-12-8-10-14-40(35)56(42)47(58)44(29(3)4)54-49(60)62-6;1-18(2)25(34-28(37)38-7)27(36)35-23-11-9-8-10-20(23)16-24(35)26-32-17-22(33-26)19-12-14-21(15-13-19)31-39-29(3,4)30(5,6)40-31;1-15(2)23(28-25(31)32-3)24(30)29-21-7-5-4-6-17(21)13-22(29)20-12-18(14-27-20)16-8-10-19(26)11-9-16;;;/h7-22,26-29,41-44H,23-25H2,1-6H3,(H,51,52)(H,53,59)(H,54,60);8-15,17-18,24-25H,16H2,1-7H3,(H,32,33)(H,34,37);4-11,14-15,22-23H,12-13H2,1-3H3,(H,28,31);3*1H4/t41-,42-,43-,44-;24-,25-;22-,23-;;;/m000.../s1. The van der Waals surface area contributed by atoms with Gasteiger partial charge >= 0.3 is 31.5 Å². The van der Waals surface area contributed by atoms with E-state index in [9.17, 15) is 38.4 Å². The number of H-pyrrole nitrogens is 2. The number of hydrogen-bond acceptors (Lipinski definition) is 18. The molecule has 137 heavy (non-hydrogen) atoms. The number of fused-ring (bicyclic) bond motifs is 4. The van der Waals surface area contributed by atoms with E-state index in [1.165, 1.54) is 28.4 Å². The van der Waals surface area contributed by atoms with Crippen LogP contribution in [0.4, 0.5) is 41.9 Å². The van der Waals surface area contributed by atoms with Crippen molar-refractivity contribution in [2.75, 3.05) is 48.0 Å². The Kier molecular flexibility index (Phi) is 32.6. The third-order valence-electron chi connectivity index (χ3n) is 26.3. The van der Waals surface area contributed by atoms with Gasteiger partial charge in [-0.05, 0) is 160 Å². The lowest BCUT2D eigenvalue weighted by Crippen LogP contribution is -2.54. The van der Waals surface area contributed by atoms with Gasteiger partial charge in [0.05, 0.1) is 87.6 Å². The maximum absolute atomic E-state index is 14.1. The second kappa shape index (κ2) is 43.6. The number of methoxy groups -OCH3 is 4. The molecule has 10 aromatic rings. The molecule has 0 radical (unpaired) electrons. The van der Waals surface area contributed by atoms with Gasteiger partial charge in [0.25, 0.3) is 23.6 Å². The van der Waals surface area contributed by atoms with E-state index < -0.39 is 66.9 Å². The van der Waals surface area contributed by atoms with Crippen LogP contribution in [0.3, 0.4) is 0 Å². The lowest BCUT2D eigenvalue weighted by atomic mass is 9.79. The monoisotopic (exact) mass is 1920 g/mol. The summed E-state index contributed by atoms with van der Waals surface area (Å²) in [5.74, 6) is -0.0186. The minimum atomic E-state index is -0.784. The minimum Gasteiger partial charge on any atom is -0.453 e. The Morgan fingerprint density at radius 3 is 0.942 bits per heavy atom. The van der Waals surface area contributed by atoms with Crippen molar-refractivity contribution in [3.05, 3.63) is 268 Å². The molecule has 0 unspecified atom stereocenters. The first-order chi connectivity index (χ1) is 64.2. The fourth-order valence-corrected chi connectivity index (χ4v) is 18.4. The molecule has 1 saturated heterocycles. The van der Waals surface area contributed by atoms with Gasteiger partial charge in [-0.1, -0.05) is 251 Å². The van der Waals surface area contributed by atoms with Gasteiger partial charge in [-0.15, -0.1) is 0 Å². The summed E-state index contributed by atoms with van der Waals surface area (Å²) in [6.07, 6.45) is 8.65. The molecule has 8 atom stereocenters. The molecule has 0 bridgehead atoms. The number of hydrogen-bond donors (Lipinski definition) is 6. The SMILES string of the molecule is C.C.C.COC(=O)N[C@H](C(=O)N1c2ccccc2C[C@H]1C1=NC=C(c2ccc(-c3ccc(-c4cnc([C@@H]5Cc6ccccc6N5C(=O)[C@@H](NC(=O)OC)C(C)C)[nH]4)cc3)cc2)C1)C(C)C.COC(=O)N[C@H](C(=O)N1c2ccccc2C[C@H]1C1=NC=C(c2ccc(Br)cc2)C1)C(C)C.COC(=O)N[C@H](C(=O)N1c2ccccc2C[C@H]1c1ncc(-c2ccc(B3OC(C)(C)C(C)(C)O3)cc2)[nH]1)C(C)C. The summed E-state index contributed by atoms with van der Waals surface area (Å²) in [6, 6.07) is 60.2. The number of halogens is 1. The van der Waals surface area contributed by atoms with Crippen LogP contribution in [-0.2, 0) is 73.1 Å². The van der Waals surface area contributed by atoms with E-state index in [1.54, 1.807) is 27.1 Å². The second-order valence-corrected chi connectivity index (χ2v) is 37.7. The number of carbonyl (C=O) groups is 8. The first kappa shape index (κ1) is 102. The molecular formula is C107H126BBrN14O14. The number of aromatic nitrogens is 4. The van der Waals surface area contributed by atoms with Crippen LogP contribution in [0.2, 0.25) is 0 Å². The van der Waals surface area contributed by atoms with Crippen LogP contribution in [-0.4, -0.2) is 162 Å². The number of imidazole rings is 2. The first-order valence-electron chi connectivity index (χ1n) is 45.3. The van der Waals surface area contributed by atoms with E-state index >= 15 is 0 Å². The van der Waals surface area contributed by atoms with Crippen LogP contribution in [0.25, 0.3) is 44.8 Å². The van der Waals surface area contributed by atoms with E-state index in [0.29, 0.717) is 50.2 Å². The van der Waals surface area contributed by atoms with Crippen molar-refractivity contribution in [1.29, 1.82) is 0 Å². The summed E-state index contributed by atoms with van der Waals surface area (Å²) >= 11 is 3.48. The summed E-state index contributed by atoms with van der Waals surface area (Å²) in [7, 11) is 4.74. The Morgan fingerprint density at radius 2 is 0.642 bits per heavy atom. The van der Waals surface area contributed by atoms with Crippen molar-refractivity contribution in [2.45, 2.75) is 203 Å². The van der Waals surface area contributed by atoms with Gasteiger partial charge in [0, 0.05) is 89.6 Å². The lowest BCUT2D eigenvalue weighted by Gasteiger charge is -2.32. The highest BCUT2D eigenvalue weighted by Gasteiger charge is 2.53. The normalized spacial score (nSPS) is 18.0. The molecule has 0 aliphatic carbocycles. The lowest BCUT2D eigenvalue weighted by molar-refractivity contribution is -0.122. The molecule has 8 aromatic carbocycles. The van der Waals surface area contributed by atoms with Crippen LogP contribution in [0.15, 0.2) is 233 Å². The molecule has 17 rings (SSSR count). The largest absolute Gasteiger partial charge is 0.494 e. The van der Waals surface area contributed by atoms with E-state index in [4.69, 9.17) is 48.2 Å². The molecule has 9 heterocycles. The number of benzene rings is 8. The minimum absolute atomic E-state index is 0. The number of amides is 8. The number of aromatic amines is 2. The zero-order chi connectivity index (χ0) is 95.3. The average Bonchev–Trinajstić information content (AvgIpc) is 1.63. The molecule has 28 nitrogen and oxygen atoms in total. The fourth-order valence-electron chi connectivity index (χ4n) is 18.1. The maximum Gasteiger partial charge on any atom is 0.494 e. The molecule has 1 fully saturated rings. The summed E-state index contributed by atoms with van der Waals surface area (Å²) in [4.78, 5) is 137. The Hall–Kier alpha value is -13.6. The first-order valence-corrected chi connectivity index (χ1v) is 46.1. The van der Waals surface area contributed by atoms with Crippen LogP contribution >= 0.6 is 15.9 Å². The van der Waals surface area contributed by atoms with Crippen molar-refractivity contribution >= 4 is 122 Å². The number of aliphatic imine (C=N–C) groups is 2. The number of rotatable bonds is 22. The van der Waals surface area contributed by atoms with Crippen molar-refractivity contribution in [3.63, 3.8) is 0 Å². The predicted molar refractivity (Wildman–Crippen MR) is 544 cm³/mol. The van der Waals surface area contributed by atoms with Crippen LogP contribution < -0.4 is 46.3 Å². The van der Waals surface area contributed by atoms with Crippen molar-refractivity contribution in [3.8, 4) is 33.6 Å². The molecule has 0 spiro atoms. The Balaban J connectivity index is 0.000000194. The molecule has 718 valence electrons. The zero-order valence-electron chi connectivity index (χ0n) is 78.2. The molecule has 7 aliphatic rings. The van der Waals surface area contributed by atoms with Crippen molar-refractivity contribution < 1.29 is 66.6 Å². The highest BCUT2D eigenvalue weighted by molar-refractivity contribution is 9.10. The molecule has 8 amide bonds. The Morgan fingerprint density at radius 1 is 0.380 bits per heavy atom. The molecule has 6 N–H and O–H groups in total. The van der Waals surface area contributed by atoms with Crippen molar-refractivity contribution in [1.82, 2.24) is 41.2 Å². The van der Waals surface area contributed by atoms with Crippen LogP contribution in [0, 0.1) is 23.7 Å². The zero-order valence-corrected chi connectivity index (χ0v) is 79.8. The molecule has 7 aliphatic heterocycles. The fraction of sp³-hybridized carbons (Fsp3) is 0.364. The number of carbonyl (C=O) groups excluding carboxylic acids is 8. The number of allylic oxidation sites excluding steroid dienone is 2. The summed E-state index contributed by atoms with van der Waals surface area (Å²) in [5.41, 5.74) is 19.6. The van der Waals surface area contributed by atoms with Gasteiger partial charge in [-0.3, -0.25) is 39.0 Å². The van der Waals surface area contributed by atoms with Crippen LogP contribution in [0.5, 0.6) is 0 Å². The molecular weight excluding hydrogens is 1800 g/mol. The highest BCUT2D eigenvalue weighted by atomic mass is 79.9. The van der Waals surface area contributed by atoms with E-state index in [1.807, 2.05) is 234 Å². The smallest absolute Gasteiger partial charge is 0.453 e. The number of para-hydroxylation sites is 4. The molecule has 30 heteroatoms.